The van der Waals surface area contributed by atoms with Crippen LogP contribution >= 0.6 is 15.9 Å². The Morgan fingerprint density at radius 2 is 1.89 bits per heavy atom. The molecule has 0 aromatic heterocycles. The molecule has 0 aliphatic carbocycles. The highest BCUT2D eigenvalue weighted by atomic mass is 79.9. The average Bonchev–Trinajstić information content (AvgIpc) is 2.37. The van der Waals surface area contributed by atoms with Crippen LogP contribution in [0, 0.1) is 0 Å². The van der Waals surface area contributed by atoms with Gasteiger partial charge in [-0.25, -0.2) is 0 Å². The second-order valence-electron chi connectivity index (χ2n) is 4.45. The van der Waals surface area contributed by atoms with Gasteiger partial charge >= 0.3 is 0 Å². The minimum Gasteiger partial charge on any atom is -0.368 e. The van der Waals surface area contributed by atoms with Gasteiger partial charge in [0.25, 0.3) is 0 Å². The van der Waals surface area contributed by atoms with Crippen LogP contribution in [0.25, 0.3) is 0 Å². The number of rotatable bonds is 7. The maximum absolute atomic E-state index is 12.0. The molecule has 0 heterocycles. The van der Waals surface area contributed by atoms with Gasteiger partial charge in [-0.2, -0.15) is 0 Å². The zero-order chi connectivity index (χ0) is 14.3. The fraction of sp³-hybridized carbons (Fsp3) is 0.429. The lowest BCUT2D eigenvalue weighted by molar-refractivity contribution is -0.135. The number of hydrogen-bond donors (Lipinski definition) is 1. The van der Waals surface area contributed by atoms with Crippen molar-refractivity contribution < 1.29 is 9.59 Å². The third-order valence-electron chi connectivity index (χ3n) is 2.73. The molecule has 2 N–H and O–H groups in total. The summed E-state index contributed by atoms with van der Waals surface area (Å²) in [5.41, 5.74) is 6.18. The molecule has 2 amide bonds. The number of unbranched alkanes of at least 4 members (excludes halogenated alkanes) is 1. The number of carbonyl (C=O) groups excluding carboxylic acids is 2. The molecule has 19 heavy (non-hydrogen) atoms. The molecule has 5 heteroatoms. The summed E-state index contributed by atoms with van der Waals surface area (Å²) in [6.45, 7) is 2.41. The molecule has 0 bridgehead atoms. The van der Waals surface area contributed by atoms with E-state index in [9.17, 15) is 9.59 Å². The van der Waals surface area contributed by atoms with Crippen molar-refractivity contribution in [2.24, 2.45) is 5.73 Å². The molecule has 0 atom stereocenters. The molecule has 0 radical (unpaired) electrons. The maximum atomic E-state index is 12.0. The van der Waals surface area contributed by atoms with Crippen molar-refractivity contribution in [2.75, 3.05) is 6.54 Å². The minimum atomic E-state index is -0.484. The second-order valence-corrected chi connectivity index (χ2v) is 5.36. The Balaban J connectivity index is 2.70. The van der Waals surface area contributed by atoms with E-state index in [1.165, 1.54) is 4.90 Å². The fourth-order valence-electron chi connectivity index (χ4n) is 1.72. The number of hydrogen-bond acceptors (Lipinski definition) is 2. The fourth-order valence-corrected chi connectivity index (χ4v) is 1.98. The molecule has 0 saturated heterocycles. The maximum Gasteiger partial charge on any atom is 0.237 e. The SMILES string of the molecule is CCCCC(=O)N(CC(N)=O)Cc1ccc(Br)cc1. The summed E-state index contributed by atoms with van der Waals surface area (Å²) < 4.78 is 0.981. The molecule has 0 unspecified atom stereocenters. The van der Waals surface area contributed by atoms with Crippen LogP contribution in [0.1, 0.15) is 31.7 Å². The predicted molar refractivity (Wildman–Crippen MR) is 78.3 cm³/mol. The summed E-state index contributed by atoms with van der Waals surface area (Å²) >= 11 is 3.36. The van der Waals surface area contributed by atoms with E-state index in [0.717, 1.165) is 22.9 Å². The van der Waals surface area contributed by atoms with Gasteiger partial charge in [-0.3, -0.25) is 9.59 Å². The van der Waals surface area contributed by atoms with Crippen LogP contribution in [0.4, 0.5) is 0 Å². The molecular weight excluding hydrogens is 308 g/mol. The van der Waals surface area contributed by atoms with E-state index in [-0.39, 0.29) is 12.5 Å². The Bertz CT molecular complexity index is 432. The molecule has 1 aromatic carbocycles. The molecule has 1 aromatic rings. The molecular formula is C14H19BrN2O2. The van der Waals surface area contributed by atoms with Crippen LogP contribution in [0.15, 0.2) is 28.7 Å². The summed E-state index contributed by atoms with van der Waals surface area (Å²) in [5.74, 6) is -0.509. The molecule has 0 aliphatic heterocycles. The lowest BCUT2D eigenvalue weighted by atomic mass is 10.2. The number of benzene rings is 1. The molecule has 104 valence electrons. The average molecular weight is 327 g/mol. The topological polar surface area (TPSA) is 63.4 Å². The van der Waals surface area contributed by atoms with Crippen molar-refractivity contribution in [1.82, 2.24) is 4.90 Å². The lowest BCUT2D eigenvalue weighted by Crippen LogP contribution is -2.37. The van der Waals surface area contributed by atoms with E-state index in [1.807, 2.05) is 31.2 Å². The first kappa shape index (κ1) is 15.7. The number of primary amides is 1. The highest BCUT2D eigenvalue weighted by Crippen LogP contribution is 2.13. The van der Waals surface area contributed by atoms with Crippen LogP contribution in [0.5, 0.6) is 0 Å². The zero-order valence-electron chi connectivity index (χ0n) is 11.1. The molecule has 0 fully saturated rings. The third kappa shape index (κ3) is 5.87. The first-order valence-electron chi connectivity index (χ1n) is 6.33. The molecule has 1 rings (SSSR count). The van der Waals surface area contributed by atoms with E-state index < -0.39 is 5.91 Å². The molecule has 0 spiro atoms. The van der Waals surface area contributed by atoms with Crippen LogP contribution in [-0.4, -0.2) is 23.3 Å². The monoisotopic (exact) mass is 326 g/mol. The highest BCUT2D eigenvalue weighted by molar-refractivity contribution is 9.10. The van der Waals surface area contributed by atoms with Crippen LogP contribution in [0.3, 0.4) is 0 Å². The quantitative estimate of drug-likeness (QED) is 0.836. The molecule has 0 aliphatic rings. The van der Waals surface area contributed by atoms with Gasteiger partial charge in [-0.15, -0.1) is 0 Å². The van der Waals surface area contributed by atoms with Crippen molar-refractivity contribution in [3.63, 3.8) is 0 Å². The van der Waals surface area contributed by atoms with E-state index in [4.69, 9.17) is 5.73 Å². The number of nitrogens with two attached hydrogens (primary N) is 1. The molecule has 0 saturated carbocycles. The van der Waals surface area contributed by atoms with Crippen molar-refractivity contribution in [3.05, 3.63) is 34.3 Å². The summed E-state index contributed by atoms with van der Waals surface area (Å²) in [6.07, 6.45) is 2.24. The van der Waals surface area contributed by atoms with Crippen molar-refractivity contribution >= 4 is 27.7 Å². The largest absolute Gasteiger partial charge is 0.368 e. The zero-order valence-corrected chi connectivity index (χ0v) is 12.6. The van der Waals surface area contributed by atoms with Crippen LogP contribution < -0.4 is 5.73 Å². The van der Waals surface area contributed by atoms with E-state index in [0.29, 0.717) is 13.0 Å². The van der Waals surface area contributed by atoms with Gasteiger partial charge < -0.3 is 10.6 Å². The number of amides is 2. The highest BCUT2D eigenvalue weighted by Gasteiger charge is 2.15. The first-order valence-corrected chi connectivity index (χ1v) is 7.12. The Morgan fingerprint density at radius 3 is 2.42 bits per heavy atom. The predicted octanol–water partition coefficient (Wildman–Crippen LogP) is 2.45. The van der Waals surface area contributed by atoms with Gasteiger partial charge in [-0.05, 0) is 24.1 Å². The van der Waals surface area contributed by atoms with Gasteiger partial charge in [0.15, 0.2) is 0 Å². The van der Waals surface area contributed by atoms with Crippen LogP contribution in [0.2, 0.25) is 0 Å². The van der Waals surface area contributed by atoms with Gasteiger partial charge in [0.1, 0.15) is 0 Å². The molecule has 4 nitrogen and oxygen atoms in total. The van der Waals surface area contributed by atoms with Gasteiger partial charge in [-0.1, -0.05) is 41.4 Å². The van der Waals surface area contributed by atoms with Gasteiger partial charge in [0.2, 0.25) is 11.8 Å². The Labute approximate surface area is 122 Å². The van der Waals surface area contributed by atoms with Gasteiger partial charge in [0.05, 0.1) is 6.54 Å². The third-order valence-corrected chi connectivity index (χ3v) is 3.26. The lowest BCUT2D eigenvalue weighted by Gasteiger charge is -2.21. The normalized spacial score (nSPS) is 10.2. The van der Waals surface area contributed by atoms with Crippen molar-refractivity contribution in [3.8, 4) is 0 Å². The Kier molecular flexibility index (Phi) is 6.56. The Morgan fingerprint density at radius 1 is 1.26 bits per heavy atom. The minimum absolute atomic E-state index is 0.0245. The number of carbonyl (C=O) groups is 2. The van der Waals surface area contributed by atoms with Crippen molar-refractivity contribution in [1.29, 1.82) is 0 Å². The second kappa shape index (κ2) is 7.94. The Hall–Kier alpha value is -1.36. The summed E-state index contributed by atoms with van der Waals surface area (Å²) in [7, 11) is 0. The number of halogens is 1. The van der Waals surface area contributed by atoms with E-state index >= 15 is 0 Å². The first-order chi connectivity index (χ1) is 9.02. The van der Waals surface area contributed by atoms with Gasteiger partial charge in [0, 0.05) is 17.4 Å². The van der Waals surface area contributed by atoms with E-state index in [1.54, 1.807) is 0 Å². The number of nitrogens with zero attached hydrogens (tertiary/aromatic N) is 1. The van der Waals surface area contributed by atoms with Crippen LogP contribution in [-0.2, 0) is 16.1 Å². The smallest absolute Gasteiger partial charge is 0.237 e. The summed E-state index contributed by atoms with van der Waals surface area (Å²) in [6, 6.07) is 7.67. The summed E-state index contributed by atoms with van der Waals surface area (Å²) in [4.78, 5) is 24.6. The van der Waals surface area contributed by atoms with Crippen molar-refractivity contribution in [2.45, 2.75) is 32.7 Å². The standard InChI is InChI=1S/C14H19BrN2O2/c1-2-3-4-14(19)17(10-13(16)18)9-11-5-7-12(15)8-6-11/h5-8H,2-4,9-10H2,1H3,(H2,16,18). The summed E-state index contributed by atoms with van der Waals surface area (Å²) in [5, 5.41) is 0. The van der Waals surface area contributed by atoms with E-state index in [2.05, 4.69) is 15.9 Å².